The molecular weight excluding hydrogens is 372 g/mol. The van der Waals surface area contributed by atoms with E-state index < -0.39 is 0 Å². The van der Waals surface area contributed by atoms with E-state index in [2.05, 4.69) is 10.2 Å². The largest absolute Gasteiger partial charge is 0.494 e. The summed E-state index contributed by atoms with van der Waals surface area (Å²) in [6.45, 7) is 5.20. The zero-order chi connectivity index (χ0) is 19.9. The third kappa shape index (κ3) is 5.13. The molecule has 0 unspecified atom stereocenters. The van der Waals surface area contributed by atoms with Crippen molar-refractivity contribution in [3.8, 4) is 11.4 Å². The summed E-state index contributed by atoms with van der Waals surface area (Å²) >= 11 is 1.39. The summed E-state index contributed by atoms with van der Waals surface area (Å²) in [5, 5.41) is 8.84. The van der Waals surface area contributed by atoms with Crippen LogP contribution in [-0.4, -0.2) is 45.0 Å². The molecule has 3 rings (SSSR count). The SMILES string of the molecule is CCOc1ccc(CN(C)C(=O)CSc2nncn2-c2ccc(C)cc2)cc1. The van der Waals surface area contributed by atoms with E-state index in [1.807, 2.05) is 74.0 Å². The maximum atomic E-state index is 12.5. The summed E-state index contributed by atoms with van der Waals surface area (Å²) < 4.78 is 7.34. The fraction of sp³-hybridized carbons (Fsp3) is 0.286. The fourth-order valence-electron chi connectivity index (χ4n) is 2.66. The Morgan fingerprint density at radius 2 is 1.86 bits per heavy atom. The second-order valence-electron chi connectivity index (χ2n) is 6.43. The second kappa shape index (κ2) is 9.41. The lowest BCUT2D eigenvalue weighted by Gasteiger charge is -2.17. The first-order valence-corrected chi connectivity index (χ1v) is 10.1. The van der Waals surface area contributed by atoms with Crippen molar-refractivity contribution in [3.63, 3.8) is 0 Å². The predicted octanol–water partition coefficient (Wildman–Crippen LogP) is 3.73. The maximum Gasteiger partial charge on any atom is 0.233 e. The number of aromatic nitrogens is 3. The van der Waals surface area contributed by atoms with Crippen molar-refractivity contribution in [2.24, 2.45) is 0 Å². The van der Waals surface area contributed by atoms with E-state index >= 15 is 0 Å². The van der Waals surface area contributed by atoms with E-state index in [-0.39, 0.29) is 5.91 Å². The van der Waals surface area contributed by atoms with Gasteiger partial charge in [-0.1, -0.05) is 41.6 Å². The van der Waals surface area contributed by atoms with Crippen molar-refractivity contribution >= 4 is 17.7 Å². The van der Waals surface area contributed by atoms with E-state index in [4.69, 9.17) is 4.74 Å². The number of carbonyl (C=O) groups excluding carboxylic acids is 1. The minimum atomic E-state index is 0.0392. The molecule has 1 aromatic heterocycles. The Kier molecular flexibility index (Phi) is 6.71. The van der Waals surface area contributed by atoms with Crippen molar-refractivity contribution in [2.45, 2.75) is 25.5 Å². The standard InChI is InChI=1S/C21H24N4O2S/c1-4-27-19-11-7-17(8-12-19)13-24(3)20(26)14-28-21-23-22-15-25(21)18-9-5-16(2)6-10-18/h5-12,15H,4,13-14H2,1-3H3. The number of ether oxygens (including phenoxy) is 1. The van der Waals surface area contributed by atoms with Crippen LogP contribution in [0, 0.1) is 6.92 Å². The molecular formula is C21H24N4O2S. The van der Waals surface area contributed by atoms with Gasteiger partial charge in [0, 0.05) is 19.3 Å². The van der Waals surface area contributed by atoms with Gasteiger partial charge in [-0.25, -0.2) is 0 Å². The zero-order valence-electron chi connectivity index (χ0n) is 16.3. The minimum absolute atomic E-state index is 0.0392. The Balaban J connectivity index is 1.57. The van der Waals surface area contributed by atoms with Gasteiger partial charge in [0.1, 0.15) is 12.1 Å². The van der Waals surface area contributed by atoms with Crippen LogP contribution in [-0.2, 0) is 11.3 Å². The summed E-state index contributed by atoms with van der Waals surface area (Å²) in [6, 6.07) is 15.9. The van der Waals surface area contributed by atoms with Gasteiger partial charge in [0.2, 0.25) is 5.91 Å². The highest BCUT2D eigenvalue weighted by atomic mass is 32.2. The number of carbonyl (C=O) groups is 1. The normalized spacial score (nSPS) is 10.7. The lowest BCUT2D eigenvalue weighted by atomic mass is 10.2. The van der Waals surface area contributed by atoms with E-state index in [1.54, 1.807) is 11.2 Å². The Labute approximate surface area is 169 Å². The van der Waals surface area contributed by atoms with Gasteiger partial charge in [-0.2, -0.15) is 0 Å². The highest BCUT2D eigenvalue weighted by molar-refractivity contribution is 7.99. The lowest BCUT2D eigenvalue weighted by Crippen LogP contribution is -2.27. The van der Waals surface area contributed by atoms with Gasteiger partial charge in [-0.15, -0.1) is 10.2 Å². The molecule has 0 spiro atoms. The van der Waals surface area contributed by atoms with Gasteiger partial charge in [-0.3, -0.25) is 9.36 Å². The molecule has 0 aliphatic carbocycles. The minimum Gasteiger partial charge on any atom is -0.494 e. The smallest absolute Gasteiger partial charge is 0.233 e. The predicted molar refractivity (Wildman–Crippen MR) is 111 cm³/mol. The van der Waals surface area contributed by atoms with E-state index in [1.165, 1.54) is 17.3 Å². The number of rotatable bonds is 8. The van der Waals surface area contributed by atoms with Crippen LogP contribution in [0.15, 0.2) is 60.0 Å². The molecule has 2 aromatic carbocycles. The topological polar surface area (TPSA) is 60.2 Å². The summed E-state index contributed by atoms with van der Waals surface area (Å²) in [4.78, 5) is 14.2. The van der Waals surface area contributed by atoms with Gasteiger partial charge in [0.15, 0.2) is 5.16 Å². The Hall–Kier alpha value is -2.80. The second-order valence-corrected chi connectivity index (χ2v) is 7.38. The van der Waals surface area contributed by atoms with Crippen LogP contribution < -0.4 is 4.74 Å². The van der Waals surface area contributed by atoms with Crippen LogP contribution in [0.2, 0.25) is 0 Å². The van der Waals surface area contributed by atoms with Crippen molar-refractivity contribution in [2.75, 3.05) is 19.4 Å². The Bertz CT molecular complexity index is 907. The van der Waals surface area contributed by atoms with Crippen molar-refractivity contribution in [1.29, 1.82) is 0 Å². The molecule has 0 fully saturated rings. The zero-order valence-corrected chi connectivity index (χ0v) is 17.1. The summed E-state index contributed by atoms with van der Waals surface area (Å²) in [5.74, 6) is 1.18. The molecule has 1 heterocycles. The van der Waals surface area contributed by atoms with Gasteiger partial charge in [0.05, 0.1) is 12.4 Å². The molecule has 0 saturated carbocycles. The van der Waals surface area contributed by atoms with E-state index in [9.17, 15) is 4.79 Å². The van der Waals surface area contributed by atoms with Gasteiger partial charge < -0.3 is 9.64 Å². The molecule has 0 radical (unpaired) electrons. The molecule has 6 nitrogen and oxygen atoms in total. The van der Waals surface area contributed by atoms with Crippen LogP contribution in [0.1, 0.15) is 18.1 Å². The molecule has 3 aromatic rings. The monoisotopic (exact) mass is 396 g/mol. The molecule has 0 bridgehead atoms. The highest BCUT2D eigenvalue weighted by Crippen LogP contribution is 2.20. The molecule has 1 amide bonds. The van der Waals surface area contributed by atoms with Crippen LogP contribution in [0.4, 0.5) is 0 Å². The van der Waals surface area contributed by atoms with Crippen LogP contribution >= 0.6 is 11.8 Å². The summed E-state index contributed by atoms with van der Waals surface area (Å²) in [7, 11) is 1.81. The molecule has 7 heteroatoms. The first kappa shape index (κ1) is 19.9. The maximum absolute atomic E-state index is 12.5. The molecule has 0 saturated heterocycles. The van der Waals surface area contributed by atoms with Gasteiger partial charge in [0.25, 0.3) is 0 Å². The lowest BCUT2D eigenvalue weighted by molar-refractivity contribution is -0.127. The quantitative estimate of drug-likeness (QED) is 0.543. The third-order valence-corrected chi connectivity index (χ3v) is 5.16. The number of amides is 1. The van der Waals surface area contributed by atoms with Crippen molar-refractivity contribution < 1.29 is 9.53 Å². The number of hydrogen-bond donors (Lipinski definition) is 0. The molecule has 0 atom stereocenters. The number of aryl methyl sites for hydroxylation is 1. The fourth-order valence-corrected chi connectivity index (χ4v) is 3.53. The first-order valence-electron chi connectivity index (χ1n) is 9.12. The van der Waals surface area contributed by atoms with Crippen LogP contribution in [0.25, 0.3) is 5.69 Å². The van der Waals surface area contributed by atoms with Gasteiger partial charge >= 0.3 is 0 Å². The first-order chi connectivity index (χ1) is 13.6. The van der Waals surface area contributed by atoms with Crippen molar-refractivity contribution in [3.05, 3.63) is 66.0 Å². The molecule has 146 valence electrons. The average Bonchev–Trinajstić information content (AvgIpc) is 3.17. The van der Waals surface area contributed by atoms with Gasteiger partial charge in [-0.05, 0) is 43.7 Å². The molecule has 28 heavy (non-hydrogen) atoms. The Morgan fingerprint density at radius 3 is 2.54 bits per heavy atom. The Morgan fingerprint density at radius 1 is 1.14 bits per heavy atom. The number of thioether (sulfide) groups is 1. The molecule has 0 N–H and O–H groups in total. The van der Waals surface area contributed by atoms with Crippen molar-refractivity contribution in [1.82, 2.24) is 19.7 Å². The van der Waals surface area contributed by atoms with Crippen LogP contribution in [0.5, 0.6) is 5.75 Å². The number of hydrogen-bond acceptors (Lipinski definition) is 5. The molecule has 0 aliphatic rings. The summed E-state index contributed by atoms with van der Waals surface area (Å²) in [5.41, 5.74) is 3.23. The average molecular weight is 397 g/mol. The van der Waals surface area contributed by atoms with Crippen LogP contribution in [0.3, 0.4) is 0 Å². The number of benzene rings is 2. The van der Waals surface area contributed by atoms with E-state index in [0.29, 0.717) is 24.1 Å². The highest BCUT2D eigenvalue weighted by Gasteiger charge is 2.13. The van der Waals surface area contributed by atoms with E-state index in [0.717, 1.165) is 17.0 Å². The number of nitrogens with zero attached hydrogens (tertiary/aromatic N) is 4. The molecule has 0 aliphatic heterocycles. The third-order valence-electron chi connectivity index (χ3n) is 4.23. The summed E-state index contributed by atoms with van der Waals surface area (Å²) in [6.07, 6.45) is 1.67.